The molecule has 0 saturated carbocycles. The number of anilines is 2. The Hall–Kier alpha value is -2.55. The predicted octanol–water partition coefficient (Wildman–Crippen LogP) is 3.89. The highest BCUT2D eigenvalue weighted by atomic mass is 32.2. The summed E-state index contributed by atoms with van der Waals surface area (Å²) in [7, 11) is 1.58. The topological polar surface area (TPSA) is 98.0 Å². The van der Waals surface area contributed by atoms with Crippen LogP contribution in [0.2, 0.25) is 0 Å². The van der Waals surface area contributed by atoms with Crippen molar-refractivity contribution in [1.82, 2.24) is 5.32 Å². The Kier molecular flexibility index (Phi) is 7.03. The largest absolute Gasteiger partial charge is 0.383 e. The number of carbonyl (C=O) groups excluding carboxylic acids is 1. The lowest BCUT2D eigenvalue weighted by Gasteiger charge is -2.23. The standard InChI is InChI=1S/C24H30N4O3S/c1-14(2)12-19(23(29)28-17-10-11-31-24(17)30-3)27-22(25)15-8-9-21-18(13-15)26-16-6-4-5-7-20(16)32-21/h4-9,13-14,17,19,24,26H,10-12H2,1-3H3,(H2,25,27)(H,28,29)/t17-,19-,24?/m0/s1. The summed E-state index contributed by atoms with van der Waals surface area (Å²) in [5.41, 5.74) is 9.23. The van der Waals surface area contributed by atoms with Crippen molar-refractivity contribution < 1.29 is 14.3 Å². The van der Waals surface area contributed by atoms with Gasteiger partial charge in [0.15, 0.2) is 6.29 Å². The van der Waals surface area contributed by atoms with Gasteiger partial charge in [0.25, 0.3) is 0 Å². The summed E-state index contributed by atoms with van der Waals surface area (Å²) in [4.78, 5) is 20.0. The average molecular weight is 455 g/mol. The molecule has 1 saturated heterocycles. The molecule has 3 atom stereocenters. The van der Waals surface area contributed by atoms with E-state index in [4.69, 9.17) is 15.2 Å². The summed E-state index contributed by atoms with van der Waals surface area (Å²) in [6, 6.07) is 13.4. The number of methoxy groups -OCH3 is 1. The van der Waals surface area contributed by atoms with Gasteiger partial charge in [-0.05, 0) is 43.0 Å². The smallest absolute Gasteiger partial charge is 0.245 e. The third-order valence-corrected chi connectivity index (χ3v) is 6.70. The highest BCUT2D eigenvalue weighted by Crippen LogP contribution is 2.44. The number of rotatable bonds is 7. The van der Waals surface area contributed by atoms with E-state index in [9.17, 15) is 4.79 Å². The Morgan fingerprint density at radius 3 is 2.84 bits per heavy atom. The number of para-hydroxylation sites is 1. The summed E-state index contributed by atoms with van der Waals surface area (Å²) < 4.78 is 10.8. The molecule has 2 aliphatic rings. The minimum absolute atomic E-state index is 0.153. The first-order valence-electron chi connectivity index (χ1n) is 10.9. The van der Waals surface area contributed by atoms with Crippen LogP contribution in [0.5, 0.6) is 0 Å². The highest BCUT2D eigenvalue weighted by Gasteiger charge is 2.32. The number of ether oxygens (including phenoxy) is 2. The van der Waals surface area contributed by atoms with E-state index in [2.05, 4.69) is 41.6 Å². The maximum atomic E-state index is 13.0. The molecule has 2 aromatic rings. The van der Waals surface area contributed by atoms with Gasteiger partial charge in [0.05, 0.1) is 24.0 Å². The van der Waals surface area contributed by atoms with Crippen LogP contribution in [0.25, 0.3) is 0 Å². The fourth-order valence-corrected chi connectivity index (χ4v) is 4.89. The fourth-order valence-electron chi connectivity index (χ4n) is 3.92. The van der Waals surface area contributed by atoms with E-state index >= 15 is 0 Å². The summed E-state index contributed by atoms with van der Waals surface area (Å²) in [6.07, 6.45) is 0.893. The molecule has 4 N–H and O–H groups in total. The van der Waals surface area contributed by atoms with Gasteiger partial charge in [-0.3, -0.25) is 9.79 Å². The van der Waals surface area contributed by atoms with Crippen molar-refractivity contribution in [2.45, 2.75) is 54.9 Å². The van der Waals surface area contributed by atoms with Crippen molar-refractivity contribution in [3.8, 4) is 0 Å². The van der Waals surface area contributed by atoms with Gasteiger partial charge in [0.1, 0.15) is 11.9 Å². The monoisotopic (exact) mass is 454 g/mol. The van der Waals surface area contributed by atoms with Crippen LogP contribution in [-0.4, -0.2) is 43.8 Å². The first-order valence-corrected chi connectivity index (χ1v) is 11.7. The molecule has 0 aliphatic carbocycles. The number of nitrogens with one attached hydrogen (secondary N) is 2. The van der Waals surface area contributed by atoms with Crippen molar-refractivity contribution in [3.63, 3.8) is 0 Å². The molecule has 0 bridgehead atoms. The van der Waals surface area contributed by atoms with E-state index < -0.39 is 12.3 Å². The molecule has 8 heteroatoms. The third kappa shape index (κ3) is 5.09. The van der Waals surface area contributed by atoms with Crippen LogP contribution in [-0.2, 0) is 14.3 Å². The van der Waals surface area contributed by atoms with Crippen LogP contribution < -0.4 is 16.4 Å². The number of carbonyl (C=O) groups is 1. The molecule has 1 amide bonds. The Balaban J connectivity index is 1.53. The van der Waals surface area contributed by atoms with Crippen LogP contribution in [0.1, 0.15) is 32.3 Å². The van der Waals surface area contributed by atoms with Crippen molar-refractivity contribution in [2.75, 3.05) is 19.0 Å². The average Bonchev–Trinajstić information content (AvgIpc) is 3.23. The molecule has 7 nitrogen and oxygen atoms in total. The molecular weight excluding hydrogens is 424 g/mol. The van der Waals surface area contributed by atoms with Crippen molar-refractivity contribution in [1.29, 1.82) is 0 Å². The third-order valence-electron chi connectivity index (χ3n) is 5.54. The van der Waals surface area contributed by atoms with E-state index in [0.29, 0.717) is 31.2 Å². The maximum Gasteiger partial charge on any atom is 0.245 e. The minimum Gasteiger partial charge on any atom is -0.383 e. The van der Waals surface area contributed by atoms with Gasteiger partial charge >= 0.3 is 0 Å². The zero-order chi connectivity index (χ0) is 22.7. The van der Waals surface area contributed by atoms with Gasteiger partial charge in [0, 0.05) is 22.5 Å². The van der Waals surface area contributed by atoms with E-state index in [1.807, 2.05) is 30.3 Å². The molecule has 1 fully saturated rings. The molecule has 170 valence electrons. The number of hydrogen-bond donors (Lipinski definition) is 3. The molecule has 0 spiro atoms. The summed E-state index contributed by atoms with van der Waals surface area (Å²) in [6.45, 7) is 4.70. The van der Waals surface area contributed by atoms with E-state index in [1.54, 1.807) is 18.9 Å². The first-order chi connectivity index (χ1) is 15.4. The number of hydrogen-bond acceptors (Lipinski definition) is 6. The van der Waals surface area contributed by atoms with Crippen molar-refractivity contribution in [2.24, 2.45) is 16.6 Å². The van der Waals surface area contributed by atoms with Crippen molar-refractivity contribution in [3.05, 3.63) is 48.0 Å². The van der Waals surface area contributed by atoms with E-state index in [1.165, 1.54) is 4.90 Å². The van der Waals surface area contributed by atoms with Gasteiger partial charge < -0.3 is 25.8 Å². The molecule has 2 aromatic carbocycles. The van der Waals surface area contributed by atoms with Gasteiger partial charge in [0.2, 0.25) is 5.91 Å². The number of nitrogens with zero attached hydrogens (tertiary/aromatic N) is 1. The lowest BCUT2D eigenvalue weighted by molar-refractivity contribution is -0.129. The zero-order valence-electron chi connectivity index (χ0n) is 18.6. The van der Waals surface area contributed by atoms with Crippen LogP contribution in [0, 0.1) is 5.92 Å². The Morgan fingerprint density at radius 2 is 2.06 bits per heavy atom. The lowest BCUT2D eigenvalue weighted by Crippen LogP contribution is -2.46. The van der Waals surface area contributed by atoms with Gasteiger partial charge in [-0.15, -0.1) is 0 Å². The number of aliphatic imine (C=N–C) groups is 1. The number of benzene rings is 2. The number of amides is 1. The lowest BCUT2D eigenvalue weighted by atomic mass is 10.0. The Morgan fingerprint density at radius 1 is 1.28 bits per heavy atom. The highest BCUT2D eigenvalue weighted by molar-refractivity contribution is 7.99. The fraction of sp³-hybridized carbons (Fsp3) is 0.417. The van der Waals surface area contributed by atoms with Crippen LogP contribution in [0.15, 0.2) is 57.2 Å². The number of amidine groups is 1. The quantitative estimate of drug-likeness (QED) is 0.370. The van der Waals surface area contributed by atoms with Gasteiger partial charge in [-0.2, -0.15) is 0 Å². The maximum absolute atomic E-state index is 13.0. The second kappa shape index (κ2) is 9.94. The van der Waals surface area contributed by atoms with Gasteiger partial charge in [-0.25, -0.2) is 0 Å². The molecule has 2 aliphatic heterocycles. The SMILES string of the molecule is COC1OCC[C@@H]1NC(=O)[C@H](CC(C)C)N=C(N)c1ccc2c(c1)Nc1ccccc1S2. The Labute approximate surface area is 193 Å². The van der Waals surface area contributed by atoms with Crippen molar-refractivity contribution >= 4 is 34.9 Å². The first kappa shape index (κ1) is 22.6. The summed E-state index contributed by atoms with van der Waals surface area (Å²) >= 11 is 1.72. The summed E-state index contributed by atoms with van der Waals surface area (Å²) in [5, 5.41) is 6.50. The predicted molar refractivity (Wildman–Crippen MR) is 128 cm³/mol. The minimum atomic E-state index is -0.577. The van der Waals surface area contributed by atoms with Crippen LogP contribution in [0.3, 0.4) is 0 Å². The zero-order valence-corrected chi connectivity index (χ0v) is 19.4. The van der Waals surface area contributed by atoms with E-state index in [0.717, 1.165) is 21.8 Å². The molecule has 4 rings (SSSR count). The number of fused-ring (bicyclic) bond motifs is 2. The molecule has 0 radical (unpaired) electrons. The molecule has 0 aromatic heterocycles. The molecule has 1 unspecified atom stereocenters. The van der Waals surface area contributed by atoms with Gasteiger partial charge in [-0.1, -0.05) is 43.8 Å². The molecular formula is C24H30N4O3S. The van der Waals surface area contributed by atoms with E-state index in [-0.39, 0.29) is 11.9 Å². The van der Waals surface area contributed by atoms with Crippen LogP contribution in [0.4, 0.5) is 11.4 Å². The molecule has 2 heterocycles. The second-order valence-corrected chi connectivity index (χ2v) is 9.56. The normalized spacial score (nSPS) is 20.9. The van der Waals surface area contributed by atoms with Crippen LogP contribution >= 0.6 is 11.8 Å². The Bertz CT molecular complexity index is 1010. The summed E-state index contributed by atoms with van der Waals surface area (Å²) in [5.74, 6) is 0.489. The number of nitrogens with two attached hydrogens (primary N) is 1. The molecule has 32 heavy (non-hydrogen) atoms. The second-order valence-electron chi connectivity index (χ2n) is 8.47.